The predicted octanol–water partition coefficient (Wildman–Crippen LogP) is -0.00450. The van der Waals surface area contributed by atoms with E-state index in [1.165, 1.54) is 19.5 Å². The SMILES string of the molecule is COCCC(C)(O)CNS(=O)(=O)c1scnc1C(=O)OC. The van der Waals surface area contributed by atoms with E-state index >= 15 is 0 Å². The van der Waals surface area contributed by atoms with Gasteiger partial charge in [0.15, 0.2) is 9.90 Å². The molecule has 1 atom stereocenters. The van der Waals surface area contributed by atoms with Crippen LogP contribution in [0.4, 0.5) is 0 Å². The Labute approximate surface area is 127 Å². The van der Waals surface area contributed by atoms with E-state index in [1.54, 1.807) is 0 Å². The molecule has 0 saturated carbocycles. The topological polar surface area (TPSA) is 115 Å². The van der Waals surface area contributed by atoms with E-state index in [4.69, 9.17) is 4.74 Å². The number of aromatic nitrogens is 1. The van der Waals surface area contributed by atoms with Gasteiger partial charge in [-0.05, 0) is 6.92 Å². The lowest BCUT2D eigenvalue weighted by Crippen LogP contribution is -2.41. The van der Waals surface area contributed by atoms with Gasteiger partial charge in [-0.25, -0.2) is 22.9 Å². The maximum absolute atomic E-state index is 12.2. The predicted molar refractivity (Wildman–Crippen MR) is 75.8 cm³/mol. The highest BCUT2D eigenvalue weighted by atomic mass is 32.2. The van der Waals surface area contributed by atoms with Gasteiger partial charge in [0.25, 0.3) is 10.0 Å². The average Bonchev–Trinajstić information content (AvgIpc) is 2.93. The standard InChI is InChI=1S/C11H18N2O6S2/c1-11(15,4-5-18-2)6-13-21(16,17)10-8(9(14)19-3)12-7-20-10/h7,13,15H,4-6H2,1-3H3. The molecular weight excluding hydrogens is 320 g/mol. The number of methoxy groups -OCH3 is 2. The van der Waals surface area contributed by atoms with Crippen LogP contribution in [0.1, 0.15) is 23.8 Å². The van der Waals surface area contributed by atoms with Crippen molar-refractivity contribution in [2.75, 3.05) is 27.4 Å². The normalized spacial score (nSPS) is 14.7. The lowest BCUT2D eigenvalue weighted by Gasteiger charge is -2.22. The quantitative estimate of drug-likeness (QED) is 0.641. The number of hydrogen-bond acceptors (Lipinski definition) is 8. The Morgan fingerprint density at radius 2 is 2.19 bits per heavy atom. The molecule has 0 aliphatic rings. The number of sulfonamides is 1. The van der Waals surface area contributed by atoms with Crippen LogP contribution in [-0.2, 0) is 19.5 Å². The fraction of sp³-hybridized carbons (Fsp3) is 0.636. The molecule has 0 aromatic carbocycles. The highest BCUT2D eigenvalue weighted by Gasteiger charge is 2.29. The summed E-state index contributed by atoms with van der Waals surface area (Å²) >= 11 is 0.800. The van der Waals surface area contributed by atoms with Gasteiger partial charge >= 0.3 is 5.97 Å². The van der Waals surface area contributed by atoms with Gasteiger partial charge < -0.3 is 14.6 Å². The van der Waals surface area contributed by atoms with Gasteiger partial charge in [0.05, 0.1) is 18.2 Å². The number of ether oxygens (including phenoxy) is 2. The number of esters is 1. The third-order valence-electron chi connectivity index (χ3n) is 2.65. The number of nitrogens with one attached hydrogen (secondary N) is 1. The molecule has 2 N–H and O–H groups in total. The number of thiazole rings is 1. The summed E-state index contributed by atoms with van der Waals surface area (Å²) in [5, 5.41) is 10.0. The summed E-state index contributed by atoms with van der Waals surface area (Å²) in [6.07, 6.45) is 0.262. The van der Waals surface area contributed by atoms with Crippen LogP contribution in [0.5, 0.6) is 0 Å². The molecule has 1 heterocycles. The van der Waals surface area contributed by atoms with E-state index < -0.39 is 21.6 Å². The molecule has 1 aromatic rings. The molecule has 8 nitrogen and oxygen atoms in total. The molecule has 1 aromatic heterocycles. The molecule has 0 fully saturated rings. The molecule has 0 aliphatic carbocycles. The fourth-order valence-electron chi connectivity index (χ4n) is 1.39. The minimum atomic E-state index is -3.96. The van der Waals surface area contributed by atoms with Gasteiger partial charge in [0.1, 0.15) is 0 Å². The molecule has 120 valence electrons. The summed E-state index contributed by atoms with van der Waals surface area (Å²) in [6.45, 7) is 1.57. The molecule has 0 bridgehead atoms. The Balaban J connectivity index is 2.83. The highest BCUT2D eigenvalue weighted by molar-refractivity contribution is 7.91. The van der Waals surface area contributed by atoms with Crippen molar-refractivity contribution in [2.24, 2.45) is 0 Å². The van der Waals surface area contributed by atoms with Crippen LogP contribution in [0.2, 0.25) is 0 Å². The molecule has 10 heteroatoms. The van der Waals surface area contributed by atoms with Crippen LogP contribution in [0.3, 0.4) is 0 Å². The lowest BCUT2D eigenvalue weighted by molar-refractivity contribution is 0.0292. The Hall–Kier alpha value is -1.07. The van der Waals surface area contributed by atoms with Crippen molar-refractivity contribution in [1.29, 1.82) is 0 Å². The fourth-order valence-corrected chi connectivity index (χ4v) is 3.72. The van der Waals surface area contributed by atoms with E-state index in [1.807, 2.05) is 0 Å². The Morgan fingerprint density at radius 1 is 1.52 bits per heavy atom. The Morgan fingerprint density at radius 3 is 2.76 bits per heavy atom. The van der Waals surface area contributed by atoms with Crippen molar-refractivity contribution in [1.82, 2.24) is 9.71 Å². The molecule has 0 radical (unpaired) electrons. The first-order valence-electron chi connectivity index (χ1n) is 5.96. The van der Waals surface area contributed by atoms with Crippen molar-refractivity contribution in [3.05, 3.63) is 11.2 Å². The number of hydrogen-bond donors (Lipinski definition) is 2. The van der Waals surface area contributed by atoms with E-state index in [2.05, 4.69) is 14.4 Å². The zero-order valence-corrected chi connectivity index (χ0v) is 13.6. The van der Waals surface area contributed by atoms with Crippen LogP contribution in [0.25, 0.3) is 0 Å². The number of rotatable bonds is 8. The second-order valence-corrected chi connectivity index (χ2v) is 7.36. The molecule has 0 aliphatic heterocycles. The number of carbonyl (C=O) groups excluding carboxylic acids is 1. The van der Waals surface area contributed by atoms with Gasteiger partial charge in [-0.2, -0.15) is 0 Å². The lowest BCUT2D eigenvalue weighted by atomic mass is 10.0. The van der Waals surface area contributed by atoms with Crippen molar-refractivity contribution in [2.45, 2.75) is 23.2 Å². The summed E-state index contributed by atoms with van der Waals surface area (Å²) in [5.74, 6) is -0.831. The zero-order chi connectivity index (χ0) is 16.1. The smallest absolute Gasteiger partial charge is 0.358 e. The first-order chi connectivity index (χ1) is 9.73. The van der Waals surface area contributed by atoms with Crippen LogP contribution >= 0.6 is 11.3 Å². The van der Waals surface area contributed by atoms with Crippen molar-refractivity contribution in [3.63, 3.8) is 0 Å². The van der Waals surface area contributed by atoms with Crippen LogP contribution in [0.15, 0.2) is 9.72 Å². The maximum Gasteiger partial charge on any atom is 0.358 e. The van der Waals surface area contributed by atoms with Crippen molar-refractivity contribution >= 4 is 27.3 Å². The van der Waals surface area contributed by atoms with Gasteiger partial charge in [-0.15, -0.1) is 11.3 Å². The largest absolute Gasteiger partial charge is 0.464 e. The van der Waals surface area contributed by atoms with E-state index in [-0.39, 0.29) is 22.9 Å². The van der Waals surface area contributed by atoms with Crippen molar-refractivity contribution in [3.8, 4) is 0 Å². The summed E-state index contributed by atoms with van der Waals surface area (Å²) < 4.78 is 35.7. The van der Waals surface area contributed by atoms with Crippen molar-refractivity contribution < 1.29 is 27.8 Å². The Kier molecular flexibility index (Phi) is 6.23. The van der Waals surface area contributed by atoms with Crippen LogP contribution in [0, 0.1) is 0 Å². The highest BCUT2D eigenvalue weighted by Crippen LogP contribution is 2.21. The second kappa shape index (κ2) is 7.27. The third kappa shape index (κ3) is 5.00. The second-order valence-electron chi connectivity index (χ2n) is 4.54. The van der Waals surface area contributed by atoms with Gasteiger partial charge in [0, 0.05) is 26.7 Å². The van der Waals surface area contributed by atoms with Crippen LogP contribution < -0.4 is 4.72 Å². The van der Waals surface area contributed by atoms with E-state index in [0.717, 1.165) is 18.4 Å². The van der Waals surface area contributed by atoms with Gasteiger partial charge in [-0.1, -0.05) is 0 Å². The Bertz CT molecular complexity index is 581. The molecule has 0 spiro atoms. The van der Waals surface area contributed by atoms with E-state index in [0.29, 0.717) is 6.61 Å². The maximum atomic E-state index is 12.2. The van der Waals surface area contributed by atoms with Gasteiger partial charge in [-0.3, -0.25) is 0 Å². The van der Waals surface area contributed by atoms with Crippen LogP contribution in [-0.4, -0.2) is 57.4 Å². The minimum absolute atomic E-state index is 0.211. The third-order valence-corrected chi connectivity index (χ3v) is 5.42. The number of nitrogens with zero attached hydrogens (tertiary/aromatic N) is 1. The molecule has 21 heavy (non-hydrogen) atoms. The minimum Gasteiger partial charge on any atom is -0.464 e. The number of aliphatic hydroxyl groups is 1. The summed E-state index contributed by atoms with van der Waals surface area (Å²) in [4.78, 5) is 15.1. The van der Waals surface area contributed by atoms with Gasteiger partial charge in [0.2, 0.25) is 0 Å². The summed E-state index contributed by atoms with van der Waals surface area (Å²) in [5.41, 5.74) is -0.296. The summed E-state index contributed by atoms with van der Waals surface area (Å²) in [6, 6.07) is 0. The summed E-state index contributed by atoms with van der Waals surface area (Å²) in [7, 11) is -1.33. The molecular formula is C11H18N2O6S2. The number of carbonyl (C=O) groups is 1. The first-order valence-corrected chi connectivity index (χ1v) is 8.32. The first kappa shape index (κ1) is 18.0. The molecule has 0 saturated heterocycles. The molecule has 1 unspecified atom stereocenters. The zero-order valence-electron chi connectivity index (χ0n) is 12.0. The average molecular weight is 338 g/mol. The monoisotopic (exact) mass is 338 g/mol. The molecule has 1 rings (SSSR count). The molecule has 0 amide bonds. The van der Waals surface area contributed by atoms with E-state index in [9.17, 15) is 18.3 Å².